The normalized spacial score (nSPS) is 11.7. The fourth-order valence-electron chi connectivity index (χ4n) is 4.70. The molecule has 0 heterocycles. The molecule has 0 saturated carbocycles. The van der Waals surface area contributed by atoms with Crippen LogP contribution in [0.1, 0.15) is 0 Å². The Morgan fingerprint density at radius 3 is 1.00 bits per heavy atom. The van der Waals surface area contributed by atoms with Gasteiger partial charge in [-0.15, -0.1) is 0 Å². The molecule has 5 aromatic rings. The van der Waals surface area contributed by atoms with E-state index in [9.17, 15) is 39.5 Å². The highest BCUT2D eigenvalue weighted by Crippen LogP contribution is 2.51. The molecule has 5 rings (SSSR count). The van der Waals surface area contributed by atoms with Crippen molar-refractivity contribution < 1.29 is 70.6 Å². The van der Waals surface area contributed by atoms with Gasteiger partial charge in [0.25, 0.3) is 0 Å². The first-order valence-electron chi connectivity index (χ1n) is 11.1. The maximum absolute atomic E-state index is 15.4. The molecule has 0 aliphatic heterocycles. The lowest BCUT2D eigenvalue weighted by Crippen LogP contribution is -2.10. The van der Waals surface area contributed by atoms with E-state index in [0.29, 0.717) is 7.11 Å². The summed E-state index contributed by atoms with van der Waals surface area (Å²) in [6.07, 6.45) is 0. The lowest BCUT2D eigenvalue weighted by Gasteiger charge is -2.21. The predicted octanol–water partition coefficient (Wildman–Crippen LogP) is 9.42. The first kappa shape index (κ1) is 29.8. The third-order valence-corrected chi connectivity index (χ3v) is 6.48. The van der Waals surface area contributed by atoms with Gasteiger partial charge in [0.15, 0.2) is 81.4 Å². The smallest absolute Gasteiger partial charge is 0.204 e. The van der Waals surface area contributed by atoms with Crippen LogP contribution in [0, 0.1) is 87.3 Å². The van der Waals surface area contributed by atoms with Crippen LogP contribution >= 0.6 is 0 Å². The van der Waals surface area contributed by atoms with Gasteiger partial charge in [0.2, 0.25) is 11.6 Å². The molecule has 0 aliphatic rings. The Balaban J connectivity index is 2.29. The SMILES string of the molecule is COc1c(F)c(F)c(-c2c3c(F)c(F)c(F)c(F)c3c(-c3cc(F)c(F)c(F)c3)c3c(F)c(F)c(F)c(F)c23)c(F)c1F. The van der Waals surface area contributed by atoms with Crippen LogP contribution in [0.2, 0.25) is 0 Å². The Kier molecular flexibility index (Phi) is 6.93. The van der Waals surface area contributed by atoms with Crippen molar-refractivity contribution in [3.8, 4) is 28.0 Å². The number of methoxy groups -OCH3 is 1. The van der Waals surface area contributed by atoms with E-state index in [-0.39, 0.29) is 12.1 Å². The molecule has 1 nitrogen and oxygen atoms in total. The Hall–Kier alpha value is -4.63. The minimum Gasteiger partial charge on any atom is -0.491 e. The van der Waals surface area contributed by atoms with E-state index in [1.807, 2.05) is 0 Å². The van der Waals surface area contributed by atoms with E-state index < -0.39 is 137 Å². The third-order valence-electron chi connectivity index (χ3n) is 6.48. The summed E-state index contributed by atoms with van der Waals surface area (Å²) in [5, 5.41) is -8.17. The number of benzene rings is 5. The molecule has 0 radical (unpaired) electrons. The van der Waals surface area contributed by atoms with Crippen molar-refractivity contribution in [3.05, 3.63) is 99.4 Å². The number of ether oxygens (including phenoxy) is 1. The number of rotatable bonds is 3. The van der Waals surface area contributed by atoms with Crippen LogP contribution in [0.3, 0.4) is 0 Å². The summed E-state index contributed by atoms with van der Waals surface area (Å²) in [5.74, 6) is -40.7. The summed E-state index contributed by atoms with van der Waals surface area (Å²) in [5.41, 5.74) is -7.58. The molecule has 0 amide bonds. The van der Waals surface area contributed by atoms with Crippen LogP contribution in [-0.2, 0) is 0 Å². The van der Waals surface area contributed by atoms with Crippen LogP contribution in [0.5, 0.6) is 5.75 Å². The lowest BCUT2D eigenvalue weighted by molar-refractivity contribution is 0.334. The highest BCUT2D eigenvalue weighted by molar-refractivity contribution is 6.22. The average molecular weight is 630 g/mol. The molecule has 0 fully saturated rings. The van der Waals surface area contributed by atoms with E-state index in [1.165, 1.54) is 0 Å². The first-order valence-corrected chi connectivity index (χ1v) is 11.1. The monoisotopic (exact) mass is 630 g/mol. The zero-order chi connectivity index (χ0) is 32.0. The number of hydrogen-bond acceptors (Lipinski definition) is 1. The van der Waals surface area contributed by atoms with Gasteiger partial charge in [0.05, 0.1) is 12.7 Å². The van der Waals surface area contributed by atoms with Gasteiger partial charge in [0.1, 0.15) is 0 Å². The standard InChI is InChI=1S/C27H5F15O/c1-43-27-25(41)19(35)13(20(36)26(27)42)8-11-9(15(31)21(37)23(39)17(11)33)7(4-2-5(28)14(30)6(29)3-4)10-12(8)18(34)24(40)22(38)16(10)32/h2-3H,1H3. The van der Waals surface area contributed by atoms with Crippen molar-refractivity contribution >= 4 is 21.5 Å². The van der Waals surface area contributed by atoms with Crippen molar-refractivity contribution in [1.82, 2.24) is 0 Å². The third kappa shape index (κ3) is 3.91. The lowest BCUT2D eigenvalue weighted by atomic mass is 9.84. The van der Waals surface area contributed by atoms with Crippen LogP contribution in [0.15, 0.2) is 12.1 Å². The summed E-state index contributed by atoms with van der Waals surface area (Å²) in [4.78, 5) is 0. The molecule has 0 bridgehead atoms. The molecule has 43 heavy (non-hydrogen) atoms. The largest absolute Gasteiger partial charge is 0.491 e. The molecule has 224 valence electrons. The summed E-state index contributed by atoms with van der Waals surface area (Å²) < 4.78 is 226. The van der Waals surface area contributed by atoms with E-state index in [2.05, 4.69) is 4.74 Å². The van der Waals surface area contributed by atoms with Gasteiger partial charge < -0.3 is 4.74 Å². The molecule has 0 atom stereocenters. The molecular weight excluding hydrogens is 625 g/mol. The molecule has 16 heteroatoms. The molecule has 0 N–H and O–H groups in total. The van der Waals surface area contributed by atoms with E-state index in [4.69, 9.17) is 0 Å². The molecular formula is C27H5F15O. The Labute approximate surface area is 227 Å². The predicted molar refractivity (Wildman–Crippen MR) is 118 cm³/mol. The molecule has 0 spiro atoms. The summed E-state index contributed by atoms with van der Waals surface area (Å²) in [7, 11) is 0.501. The molecule has 0 unspecified atom stereocenters. The summed E-state index contributed by atoms with van der Waals surface area (Å²) in [6, 6.07) is -0.255. The van der Waals surface area contributed by atoms with Crippen molar-refractivity contribution in [1.29, 1.82) is 0 Å². The van der Waals surface area contributed by atoms with Crippen molar-refractivity contribution in [2.24, 2.45) is 0 Å². The molecule has 0 aliphatic carbocycles. The van der Waals surface area contributed by atoms with Crippen LogP contribution in [0.25, 0.3) is 43.8 Å². The molecule has 0 saturated heterocycles. The van der Waals surface area contributed by atoms with Crippen LogP contribution in [0.4, 0.5) is 65.9 Å². The number of fused-ring (bicyclic) bond motifs is 2. The quantitative estimate of drug-likeness (QED) is 0.0836. The zero-order valence-corrected chi connectivity index (χ0v) is 20.2. The van der Waals surface area contributed by atoms with Gasteiger partial charge in [0, 0.05) is 32.7 Å². The van der Waals surface area contributed by atoms with Crippen molar-refractivity contribution in [2.75, 3.05) is 7.11 Å². The van der Waals surface area contributed by atoms with Gasteiger partial charge in [-0.05, 0) is 17.7 Å². The molecule has 5 aromatic carbocycles. The minimum absolute atomic E-state index is 0.128. The highest BCUT2D eigenvalue weighted by Gasteiger charge is 2.37. The Morgan fingerprint density at radius 1 is 0.349 bits per heavy atom. The molecule has 0 aromatic heterocycles. The van der Waals surface area contributed by atoms with Gasteiger partial charge in [-0.25, -0.2) is 57.1 Å². The number of hydrogen-bond donors (Lipinski definition) is 0. The Morgan fingerprint density at radius 2 is 0.674 bits per heavy atom. The van der Waals surface area contributed by atoms with E-state index in [1.54, 1.807) is 0 Å². The zero-order valence-electron chi connectivity index (χ0n) is 20.2. The fourth-order valence-corrected chi connectivity index (χ4v) is 4.70. The van der Waals surface area contributed by atoms with E-state index in [0.717, 1.165) is 0 Å². The average Bonchev–Trinajstić information content (AvgIpc) is 2.97. The second-order valence-corrected chi connectivity index (χ2v) is 8.68. The fraction of sp³-hybridized carbons (Fsp3) is 0.0370. The minimum atomic E-state index is -2.84. The van der Waals surface area contributed by atoms with Crippen LogP contribution in [-0.4, -0.2) is 7.11 Å². The second-order valence-electron chi connectivity index (χ2n) is 8.68. The van der Waals surface area contributed by atoms with Crippen LogP contribution < -0.4 is 4.74 Å². The Bertz CT molecular complexity index is 1940. The van der Waals surface area contributed by atoms with E-state index >= 15 is 26.3 Å². The first-order chi connectivity index (χ1) is 20.1. The maximum atomic E-state index is 15.4. The topological polar surface area (TPSA) is 9.23 Å². The number of halogens is 15. The van der Waals surface area contributed by atoms with Gasteiger partial charge in [-0.1, -0.05) is 0 Å². The summed E-state index contributed by atoms with van der Waals surface area (Å²) in [6.45, 7) is 0. The van der Waals surface area contributed by atoms with Crippen molar-refractivity contribution in [3.63, 3.8) is 0 Å². The highest BCUT2D eigenvalue weighted by atomic mass is 19.2. The van der Waals surface area contributed by atoms with Gasteiger partial charge in [-0.2, -0.15) is 8.78 Å². The summed E-state index contributed by atoms with van der Waals surface area (Å²) >= 11 is 0. The maximum Gasteiger partial charge on any atom is 0.204 e. The van der Waals surface area contributed by atoms with Crippen molar-refractivity contribution in [2.45, 2.75) is 0 Å². The van der Waals surface area contributed by atoms with Gasteiger partial charge >= 0.3 is 0 Å². The van der Waals surface area contributed by atoms with Gasteiger partial charge in [-0.3, -0.25) is 0 Å². The second kappa shape index (κ2) is 9.98.